The van der Waals surface area contributed by atoms with Gasteiger partial charge in [0, 0.05) is 5.69 Å². The second kappa shape index (κ2) is 5.76. The summed E-state index contributed by atoms with van der Waals surface area (Å²) in [6.45, 7) is 4.18. The number of hydrogen-bond donors (Lipinski definition) is 1. The van der Waals surface area contributed by atoms with Crippen molar-refractivity contribution in [3.05, 3.63) is 59.2 Å². The first-order valence-electron chi connectivity index (χ1n) is 7.70. The van der Waals surface area contributed by atoms with Gasteiger partial charge in [-0.05, 0) is 66.1 Å². The molecule has 0 fully saturated rings. The Balaban J connectivity index is 1.84. The fraction of sp³-hybridized carbons (Fsp3) is 0.333. The number of rotatable bonds is 4. The Morgan fingerprint density at radius 3 is 2.32 bits per heavy atom. The van der Waals surface area contributed by atoms with E-state index in [2.05, 4.69) is 18.6 Å². The Bertz CT molecular complexity index is 777. The van der Waals surface area contributed by atoms with E-state index in [0.29, 0.717) is 16.5 Å². The molecule has 3 rings (SSSR count). The third-order valence-electron chi connectivity index (χ3n) is 4.21. The predicted molar refractivity (Wildman–Crippen MR) is 89.8 cm³/mol. The standard InChI is InChI=1S/C18H21NO2S/c1-13(2)14-7-10-18(11-8-14)22(20,21)19-17-9-6-15-4-3-5-16(15)12-17/h6-13,19H,3-5H2,1-2H3. The van der Waals surface area contributed by atoms with Crippen molar-refractivity contribution in [1.82, 2.24) is 0 Å². The van der Waals surface area contributed by atoms with E-state index in [0.717, 1.165) is 24.8 Å². The molecule has 0 aromatic heterocycles. The molecule has 0 heterocycles. The Kier molecular flexibility index (Phi) is 3.96. The average Bonchev–Trinajstić information content (AvgIpc) is 2.94. The van der Waals surface area contributed by atoms with Crippen LogP contribution in [0.2, 0.25) is 0 Å². The number of nitrogens with one attached hydrogen (secondary N) is 1. The maximum absolute atomic E-state index is 12.5. The van der Waals surface area contributed by atoms with Gasteiger partial charge < -0.3 is 0 Å². The highest BCUT2D eigenvalue weighted by Crippen LogP contribution is 2.26. The molecule has 2 aromatic rings. The molecule has 0 unspecified atom stereocenters. The van der Waals surface area contributed by atoms with E-state index < -0.39 is 10.0 Å². The lowest BCUT2D eigenvalue weighted by Crippen LogP contribution is -2.13. The molecule has 1 aliphatic rings. The zero-order chi connectivity index (χ0) is 15.7. The average molecular weight is 315 g/mol. The SMILES string of the molecule is CC(C)c1ccc(S(=O)(=O)Nc2ccc3c(c2)CCC3)cc1. The van der Waals surface area contributed by atoms with Crippen molar-refractivity contribution < 1.29 is 8.42 Å². The molecule has 0 bridgehead atoms. The third kappa shape index (κ3) is 3.02. The minimum absolute atomic E-state index is 0.303. The highest BCUT2D eigenvalue weighted by molar-refractivity contribution is 7.92. The third-order valence-corrected chi connectivity index (χ3v) is 5.60. The smallest absolute Gasteiger partial charge is 0.261 e. The molecule has 0 spiro atoms. The lowest BCUT2D eigenvalue weighted by atomic mass is 10.0. The first-order valence-corrected chi connectivity index (χ1v) is 9.18. The molecule has 1 aliphatic carbocycles. The summed E-state index contributed by atoms with van der Waals surface area (Å²) in [6.07, 6.45) is 3.29. The van der Waals surface area contributed by atoms with Gasteiger partial charge >= 0.3 is 0 Å². The molecular weight excluding hydrogens is 294 g/mol. The van der Waals surface area contributed by atoms with Crippen molar-refractivity contribution in [2.45, 2.75) is 43.9 Å². The summed E-state index contributed by atoms with van der Waals surface area (Å²) in [6, 6.07) is 12.9. The molecule has 0 aliphatic heterocycles. The second-order valence-electron chi connectivity index (χ2n) is 6.17. The molecule has 22 heavy (non-hydrogen) atoms. The van der Waals surface area contributed by atoms with Crippen LogP contribution in [0.4, 0.5) is 5.69 Å². The van der Waals surface area contributed by atoms with Gasteiger partial charge in [0.2, 0.25) is 0 Å². The van der Waals surface area contributed by atoms with Gasteiger partial charge in [0.1, 0.15) is 0 Å². The van der Waals surface area contributed by atoms with Crippen molar-refractivity contribution in [1.29, 1.82) is 0 Å². The van der Waals surface area contributed by atoms with Crippen LogP contribution in [-0.4, -0.2) is 8.42 Å². The molecule has 0 atom stereocenters. The Morgan fingerprint density at radius 2 is 1.64 bits per heavy atom. The monoisotopic (exact) mass is 315 g/mol. The first kappa shape index (κ1) is 15.1. The maximum Gasteiger partial charge on any atom is 0.261 e. The van der Waals surface area contributed by atoms with Gasteiger partial charge in [0.25, 0.3) is 10.0 Å². The van der Waals surface area contributed by atoms with Gasteiger partial charge in [-0.2, -0.15) is 0 Å². The number of sulfonamides is 1. The summed E-state index contributed by atoms with van der Waals surface area (Å²) >= 11 is 0. The highest BCUT2D eigenvalue weighted by Gasteiger charge is 2.16. The van der Waals surface area contributed by atoms with Gasteiger partial charge in [-0.1, -0.05) is 32.0 Å². The van der Waals surface area contributed by atoms with Gasteiger partial charge in [0.15, 0.2) is 0 Å². The van der Waals surface area contributed by atoms with Crippen LogP contribution >= 0.6 is 0 Å². The van der Waals surface area contributed by atoms with E-state index in [1.807, 2.05) is 30.3 Å². The van der Waals surface area contributed by atoms with E-state index in [1.165, 1.54) is 11.1 Å². The quantitative estimate of drug-likeness (QED) is 0.923. The van der Waals surface area contributed by atoms with Gasteiger partial charge in [0.05, 0.1) is 4.90 Å². The number of hydrogen-bond acceptors (Lipinski definition) is 2. The fourth-order valence-corrected chi connectivity index (χ4v) is 3.93. The van der Waals surface area contributed by atoms with E-state index in [4.69, 9.17) is 0 Å². The van der Waals surface area contributed by atoms with Crippen LogP contribution < -0.4 is 4.72 Å². The Morgan fingerprint density at radius 1 is 0.955 bits per heavy atom. The Labute approximate surface area is 132 Å². The maximum atomic E-state index is 12.5. The van der Waals surface area contributed by atoms with Crippen LogP contribution in [0.3, 0.4) is 0 Å². The lowest BCUT2D eigenvalue weighted by molar-refractivity contribution is 0.601. The van der Waals surface area contributed by atoms with E-state index >= 15 is 0 Å². The van der Waals surface area contributed by atoms with Crippen LogP contribution in [-0.2, 0) is 22.9 Å². The number of aryl methyl sites for hydroxylation is 2. The number of fused-ring (bicyclic) bond motifs is 1. The summed E-state index contributed by atoms with van der Waals surface area (Å²) in [5, 5.41) is 0. The molecule has 2 aromatic carbocycles. The molecular formula is C18H21NO2S. The predicted octanol–water partition coefficient (Wildman–Crippen LogP) is 4.10. The van der Waals surface area contributed by atoms with Crippen LogP contribution in [0.15, 0.2) is 47.4 Å². The molecule has 0 saturated heterocycles. The Hall–Kier alpha value is -1.81. The summed E-state index contributed by atoms with van der Waals surface area (Å²) in [4.78, 5) is 0.303. The zero-order valence-corrected chi connectivity index (χ0v) is 13.8. The fourth-order valence-electron chi connectivity index (χ4n) is 2.88. The van der Waals surface area contributed by atoms with Gasteiger partial charge in [-0.15, -0.1) is 0 Å². The van der Waals surface area contributed by atoms with E-state index in [9.17, 15) is 8.42 Å². The van der Waals surface area contributed by atoms with Crippen molar-refractivity contribution in [3.63, 3.8) is 0 Å². The molecule has 0 radical (unpaired) electrons. The summed E-state index contributed by atoms with van der Waals surface area (Å²) in [5.41, 5.74) is 4.38. The minimum Gasteiger partial charge on any atom is -0.280 e. The molecule has 1 N–H and O–H groups in total. The topological polar surface area (TPSA) is 46.2 Å². The largest absolute Gasteiger partial charge is 0.280 e. The molecule has 0 saturated carbocycles. The van der Waals surface area contributed by atoms with Crippen molar-refractivity contribution in [2.24, 2.45) is 0 Å². The molecule has 116 valence electrons. The molecule has 0 amide bonds. The van der Waals surface area contributed by atoms with E-state index in [-0.39, 0.29) is 0 Å². The molecule has 3 nitrogen and oxygen atoms in total. The summed E-state index contributed by atoms with van der Waals surface area (Å²) in [5.74, 6) is 0.390. The van der Waals surface area contributed by atoms with Crippen molar-refractivity contribution in [3.8, 4) is 0 Å². The normalized spacial score (nSPS) is 14.1. The first-order chi connectivity index (χ1) is 10.5. The zero-order valence-electron chi connectivity index (χ0n) is 13.0. The minimum atomic E-state index is -3.52. The van der Waals surface area contributed by atoms with Crippen LogP contribution in [0.25, 0.3) is 0 Å². The van der Waals surface area contributed by atoms with Crippen LogP contribution in [0.5, 0.6) is 0 Å². The highest BCUT2D eigenvalue weighted by atomic mass is 32.2. The number of benzene rings is 2. The number of anilines is 1. The van der Waals surface area contributed by atoms with Crippen LogP contribution in [0, 0.1) is 0 Å². The molecule has 4 heteroatoms. The van der Waals surface area contributed by atoms with Gasteiger partial charge in [-0.3, -0.25) is 4.72 Å². The summed E-state index contributed by atoms with van der Waals surface area (Å²) in [7, 11) is -3.52. The second-order valence-corrected chi connectivity index (χ2v) is 7.85. The van der Waals surface area contributed by atoms with Gasteiger partial charge in [-0.25, -0.2) is 8.42 Å². The van der Waals surface area contributed by atoms with E-state index in [1.54, 1.807) is 12.1 Å². The van der Waals surface area contributed by atoms with Crippen molar-refractivity contribution >= 4 is 15.7 Å². The summed E-state index contributed by atoms with van der Waals surface area (Å²) < 4.78 is 27.6. The van der Waals surface area contributed by atoms with Crippen molar-refractivity contribution in [2.75, 3.05) is 4.72 Å². The van der Waals surface area contributed by atoms with Crippen LogP contribution in [0.1, 0.15) is 42.9 Å². The lowest BCUT2D eigenvalue weighted by Gasteiger charge is -2.11.